The van der Waals surface area contributed by atoms with Crippen LogP contribution in [0.2, 0.25) is 0 Å². The molecule has 0 saturated carbocycles. The van der Waals surface area contributed by atoms with Crippen LogP contribution in [0.15, 0.2) is 29.4 Å². The molecule has 0 heterocycles. The summed E-state index contributed by atoms with van der Waals surface area (Å²) in [5.41, 5.74) is 0.391. The Kier molecular flexibility index (Phi) is 2.95. The van der Waals surface area contributed by atoms with Gasteiger partial charge in [0, 0.05) is 16.3 Å². The Bertz CT molecular complexity index is 578. The first-order valence-electron chi connectivity index (χ1n) is 5.49. The number of fused-ring (bicyclic) bond motifs is 1. The molecule has 2 aromatic rings. The summed E-state index contributed by atoms with van der Waals surface area (Å²) >= 11 is 0. The lowest BCUT2D eigenvalue weighted by molar-refractivity contribution is 0.443. The fourth-order valence-electron chi connectivity index (χ4n) is 2.02. The number of benzene rings is 2. The number of phenolic OH excluding ortho intramolecular Hbond substituents is 2. The Morgan fingerprint density at radius 3 is 2.35 bits per heavy atom. The van der Waals surface area contributed by atoms with Gasteiger partial charge in [-0.05, 0) is 11.6 Å². The standard InChI is InChI=1S/C13H13NO3/c1-2-5-10-12(15)9-7-4-3-6-8(9)11(14-17)13(10)16/h3-4,6-7,15-16H,2,5H2,1H3. The lowest BCUT2D eigenvalue weighted by Crippen LogP contribution is -1.88. The van der Waals surface area contributed by atoms with Crippen LogP contribution in [0.3, 0.4) is 0 Å². The van der Waals surface area contributed by atoms with E-state index in [1.54, 1.807) is 24.3 Å². The lowest BCUT2D eigenvalue weighted by Gasteiger charge is -2.11. The first-order chi connectivity index (χ1) is 8.20. The zero-order valence-corrected chi connectivity index (χ0v) is 9.47. The highest BCUT2D eigenvalue weighted by molar-refractivity contribution is 6.00. The smallest absolute Gasteiger partial charge is 0.157 e. The van der Waals surface area contributed by atoms with Crippen molar-refractivity contribution in [2.24, 2.45) is 5.18 Å². The van der Waals surface area contributed by atoms with Crippen LogP contribution in [-0.2, 0) is 6.42 Å². The highest BCUT2D eigenvalue weighted by Crippen LogP contribution is 2.44. The molecular formula is C13H13NO3. The third-order valence-electron chi connectivity index (χ3n) is 2.82. The molecule has 2 N–H and O–H groups in total. The first-order valence-corrected chi connectivity index (χ1v) is 5.49. The van der Waals surface area contributed by atoms with Gasteiger partial charge in [0.2, 0.25) is 0 Å². The maximum Gasteiger partial charge on any atom is 0.157 e. The Labute approximate surface area is 98.5 Å². The van der Waals surface area contributed by atoms with Crippen molar-refractivity contribution >= 4 is 16.5 Å². The van der Waals surface area contributed by atoms with Gasteiger partial charge < -0.3 is 10.2 Å². The second kappa shape index (κ2) is 4.41. The maximum atomic E-state index is 10.8. The number of nitrogens with zero attached hydrogens (tertiary/aromatic N) is 1. The van der Waals surface area contributed by atoms with Crippen molar-refractivity contribution in [3.63, 3.8) is 0 Å². The zero-order valence-electron chi connectivity index (χ0n) is 9.47. The highest BCUT2D eigenvalue weighted by atomic mass is 16.3. The predicted octanol–water partition coefficient (Wildman–Crippen LogP) is 3.60. The molecule has 88 valence electrons. The quantitative estimate of drug-likeness (QED) is 0.793. The molecule has 0 radical (unpaired) electrons. The SMILES string of the molecule is CCCc1c(O)c(N=O)c2ccccc2c1O. The van der Waals surface area contributed by atoms with E-state index in [1.807, 2.05) is 6.92 Å². The molecule has 0 saturated heterocycles. The monoisotopic (exact) mass is 231 g/mol. The Hall–Kier alpha value is -2.10. The minimum absolute atomic E-state index is 0.00171. The van der Waals surface area contributed by atoms with E-state index in [1.165, 1.54) is 0 Å². The molecular weight excluding hydrogens is 218 g/mol. The van der Waals surface area contributed by atoms with Crippen molar-refractivity contribution < 1.29 is 10.2 Å². The average molecular weight is 231 g/mol. The largest absolute Gasteiger partial charge is 0.507 e. The van der Waals surface area contributed by atoms with Crippen LogP contribution in [0.25, 0.3) is 10.8 Å². The van der Waals surface area contributed by atoms with Crippen LogP contribution in [0.4, 0.5) is 5.69 Å². The van der Waals surface area contributed by atoms with E-state index in [-0.39, 0.29) is 17.2 Å². The Morgan fingerprint density at radius 1 is 1.12 bits per heavy atom. The fraction of sp³-hybridized carbons (Fsp3) is 0.231. The molecule has 0 unspecified atom stereocenters. The van der Waals surface area contributed by atoms with Crippen LogP contribution >= 0.6 is 0 Å². The van der Waals surface area contributed by atoms with E-state index < -0.39 is 0 Å². The molecule has 4 nitrogen and oxygen atoms in total. The number of rotatable bonds is 3. The molecule has 4 heteroatoms. The second-order valence-corrected chi connectivity index (χ2v) is 3.91. The van der Waals surface area contributed by atoms with Gasteiger partial charge in [0.05, 0.1) is 0 Å². The van der Waals surface area contributed by atoms with E-state index in [0.29, 0.717) is 22.8 Å². The predicted molar refractivity (Wildman–Crippen MR) is 66.7 cm³/mol. The first kappa shape index (κ1) is 11.4. The maximum absolute atomic E-state index is 10.8. The van der Waals surface area contributed by atoms with Gasteiger partial charge in [0.15, 0.2) is 11.4 Å². The summed E-state index contributed by atoms with van der Waals surface area (Å²) < 4.78 is 0. The summed E-state index contributed by atoms with van der Waals surface area (Å²) in [7, 11) is 0. The van der Waals surface area contributed by atoms with Crippen LogP contribution in [-0.4, -0.2) is 10.2 Å². The Morgan fingerprint density at radius 2 is 1.76 bits per heavy atom. The molecule has 2 rings (SSSR count). The summed E-state index contributed by atoms with van der Waals surface area (Å²) in [6.45, 7) is 1.93. The van der Waals surface area contributed by atoms with Gasteiger partial charge in [-0.25, -0.2) is 0 Å². The van der Waals surface area contributed by atoms with Gasteiger partial charge in [-0.2, -0.15) is 0 Å². The minimum Gasteiger partial charge on any atom is -0.507 e. The third-order valence-corrected chi connectivity index (χ3v) is 2.82. The topological polar surface area (TPSA) is 69.9 Å². The van der Waals surface area contributed by atoms with Gasteiger partial charge in [0.1, 0.15) is 5.75 Å². The summed E-state index contributed by atoms with van der Waals surface area (Å²) in [5, 5.41) is 23.9. The van der Waals surface area contributed by atoms with E-state index in [2.05, 4.69) is 5.18 Å². The van der Waals surface area contributed by atoms with E-state index in [9.17, 15) is 15.1 Å². The number of hydrogen-bond donors (Lipinski definition) is 2. The number of aromatic hydroxyl groups is 2. The molecule has 0 aromatic heterocycles. The van der Waals surface area contributed by atoms with Crippen molar-refractivity contribution in [2.45, 2.75) is 19.8 Å². The summed E-state index contributed by atoms with van der Waals surface area (Å²) in [6.07, 6.45) is 1.27. The molecule has 17 heavy (non-hydrogen) atoms. The fourth-order valence-corrected chi connectivity index (χ4v) is 2.02. The van der Waals surface area contributed by atoms with Crippen molar-refractivity contribution in [3.8, 4) is 11.5 Å². The molecule has 0 bridgehead atoms. The molecule has 0 atom stereocenters. The second-order valence-electron chi connectivity index (χ2n) is 3.91. The molecule has 0 fully saturated rings. The summed E-state index contributed by atoms with van der Waals surface area (Å²) in [6, 6.07) is 6.86. The Balaban J connectivity index is 2.88. The van der Waals surface area contributed by atoms with Crippen molar-refractivity contribution in [1.29, 1.82) is 0 Å². The zero-order chi connectivity index (χ0) is 12.4. The van der Waals surface area contributed by atoms with Crippen molar-refractivity contribution in [2.75, 3.05) is 0 Å². The molecule has 2 aromatic carbocycles. The van der Waals surface area contributed by atoms with Gasteiger partial charge in [-0.1, -0.05) is 37.6 Å². The van der Waals surface area contributed by atoms with Crippen molar-refractivity contribution in [1.82, 2.24) is 0 Å². The molecule has 0 aliphatic rings. The van der Waals surface area contributed by atoms with Gasteiger partial charge in [-0.15, -0.1) is 4.91 Å². The van der Waals surface area contributed by atoms with Crippen LogP contribution < -0.4 is 0 Å². The summed E-state index contributed by atoms with van der Waals surface area (Å²) in [5.74, 6) is -0.176. The summed E-state index contributed by atoms with van der Waals surface area (Å²) in [4.78, 5) is 10.8. The van der Waals surface area contributed by atoms with Gasteiger partial charge in [0.25, 0.3) is 0 Å². The number of hydrogen-bond acceptors (Lipinski definition) is 4. The minimum atomic E-state index is -0.210. The lowest BCUT2D eigenvalue weighted by atomic mass is 9.99. The van der Waals surface area contributed by atoms with Crippen molar-refractivity contribution in [3.05, 3.63) is 34.7 Å². The molecule has 0 aliphatic carbocycles. The highest BCUT2D eigenvalue weighted by Gasteiger charge is 2.18. The van der Waals surface area contributed by atoms with E-state index >= 15 is 0 Å². The molecule has 0 spiro atoms. The van der Waals surface area contributed by atoms with Gasteiger partial charge >= 0.3 is 0 Å². The molecule has 0 amide bonds. The van der Waals surface area contributed by atoms with Gasteiger partial charge in [-0.3, -0.25) is 0 Å². The molecule has 0 aliphatic heterocycles. The third kappa shape index (κ3) is 1.71. The average Bonchev–Trinajstić information content (AvgIpc) is 2.35. The number of phenols is 2. The van der Waals surface area contributed by atoms with E-state index in [0.717, 1.165) is 6.42 Å². The van der Waals surface area contributed by atoms with Crippen LogP contribution in [0.1, 0.15) is 18.9 Å². The normalized spacial score (nSPS) is 10.6. The van der Waals surface area contributed by atoms with E-state index in [4.69, 9.17) is 0 Å². The van der Waals surface area contributed by atoms with Crippen LogP contribution in [0.5, 0.6) is 11.5 Å². The van der Waals surface area contributed by atoms with Crippen LogP contribution in [0, 0.1) is 4.91 Å². The number of nitroso groups, excluding NO2 is 1.